The maximum atomic E-state index is 12.2. The first-order chi connectivity index (χ1) is 10.2. The summed E-state index contributed by atoms with van der Waals surface area (Å²) in [5, 5.41) is 7.32. The minimum Gasteiger partial charge on any atom is -0.334 e. The van der Waals surface area contributed by atoms with Gasteiger partial charge in [0.05, 0.1) is 0 Å². The number of rotatable bonds is 2. The molecule has 1 N–H and O–H groups in total. The standard InChI is InChI=1S/C17H17N3O/c1-17(12-5-3-2-4-6-12)8-7-13-14(11-17)18-19-15(13)16(21)20-9-10-20/h2-8H,9-11H2,1H3,(H,18,19). The minimum absolute atomic E-state index is 0.0421. The van der Waals surface area contributed by atoms with Crippen LogP contribution in [0.25, 0.3) is 6.08 Å². The Hall–Kier alpha value is -2.36. The van der Waals surface area contributed by atoms with Gasteiger partial charge >= 0.3 is 0 Å². The van der Waals surface area contributed by atoms with E-state index in [0.29, 0.717) is 5.69 Å². The molecular formula is C17H17N3O. The number of benzene rings is 1. The first-order valence-corrected chi connectivity index (χ1v) is 7.29. The molecule has 1 atom stereocenters. The molecule has 21 heavy (non-hydrogen) atoms. The second-order valence-electron chi connectivity index (χ2n) is 6.05. The Labute approximate surface area is 123 Å². The predicted molar refractivity (Wildman–Crippen MR) is 81.0 cm³/mol. The lowest BCUT2D eigenvalue weighted by molar-refractivity contribution is 0.0880. The number of fused-ring (bicyclic) bond motifs is 1. The Morgan fingerprint density at radius 2 is 2.05 bits per heavy atom. The normalized spacial score (nSPS) is 23.0. The molecule has 0 saturated carbocycles. The van der Waals surface area contributed by atoms with Crippen LogP contribution in [0.4, 0.5) is 0 Å². The van der Waals surface area contributed by atoms with Crippen molar-refractivity contribution in [3.05, 3.63) is 58.9 Å². The van der Waals surface area contributed by atoms with Gasteiger partial charge in [-0.05, 0) is 5.56 Å². The number of aromatic amines is 1. The maximum Gasteiger partial charge on any atom is 0.275 e. The van der Waals surface area contributed by atoms with Gasteiger partial charge in [-0.15, -0.1) is 0 Å². The Morgan fingerprint density at radius 3 is 2.76 bits per heavy atom. The van der Waals surface area contributed by atoms with E-state index in [9.17, 15) is 4.79 Å². The molecular weight excluding hydrogens is 262 g/mol. The molecule has 4 rings (SSSR count). The number of carbonyl (C=O) groups excluding carboxylic acids is 1. The highest BCUT2D eigenvalue weighted by Gasteiger charge is 2.34. The fourth-order valence-corrected chi connectivity index (χ4v) is 2.98. The third-order valence-corrected chi connectivity index (χ3v) is 4.42. The summed E-state index contributed by atoms with van der Waals surface area (Å²) in [6.07, 6.45) is 5.08. The molecule has 0 spiro atoms. The van der Waals surface area contributed by atoms with Crippen LogP contribution in [-0.4, -0.2) is 34.1 Å². The zero-order valence-electron chi connectivity index (χ0n) is 12.0. The second kappa shape index (κ2) is 4.32. The van der Waals surface area contributed by atoms with E-state index in [1.165, 1.54) is 5.56 Å². The molecule has 4 heteroatoms. The number of hydrogen-bond acceptors (Lipinski definition) is 2. The topological polar surface area (TPSA) is 48.8 Å². The van der Waals surface area contributed by atoms with E-state index in [-0.39, 0.29) is 11.3 Å². The van der Waals surface area contributed by atoms with Crippen LogP contribution in [0.1, 0.15) is 34.2 Å². The molecule has 0 radical (unpaired) electrons. The van der Waals surface area contributed by atoms with Gasteiger partial charge in [0.1, 0.15) is 0 Å². The second-order valence-corrected chi connectivity index (χ2v) is 6.05. The van der Waals surface area contributed by atoms with Gasteiger partial charge in [0.15, 0.2) is 5.69 Å². The number of nitrogens with one attached hydrogen (secondary N) is 1. The van der Waals surface area contributed by atoms with E-state index in [4.69, 9.17) is 0 Å². The monoisotopic (exact) mass is 279 g/mol. The van der Waals surface area contributed by atoms with Crippen LogP contribution in [0, 0.1) is 0 Å². The van der Waals surface area contributed by atoms with E-state index >= 15 is 0 Å². The lowest BCUT2D eigenvalue weighted by Gasteiger charge is -2.29. The molecule has 1 fully saturated rings. The number of hydrogen-bond donors (Lipinski definition) is 1. The van der Waals surface area contributed by atoms with E-state index in [1.807, 2.05) is 12.1 Å². The van der Waals surface area contributed by atoms with Crippen molar-refractivity contribution in [1.82, 2.24) is 15.1 Å². The first kappa shape index (κ1) is 12.4. The highest BCUT2D eigenvalue weighted by molar-refractivity contribution is 5.97. The van der Waals surface area contributed by atoms with Gasteiger partial charge in [0.2, 0.25) is 0 Å². The van der Waals surface area contributed by atoms with Crippen molar-refractivity contribution in [2.75, 3.05) is 13.1 Å². The fraction of sp³-hybridized carbons (Fsp3) is 0.294. The molecule has 0 bridgehead atoms. The molecule has 1 amide bonds. The van der Waals surface area contributed by atoms with Crippen LogP contribution in [-0.2, 0) is 11.8 Å². The summed E-state index contributed by atoms with van der Waals surface area (Å²) in [6, 6.07) is 10.4. The number of allylic oxidation sites excluding steroid dienone is 1. The lowest BCUT2D eigenvalue weighted by atomic mass is 9.75. The number of aromatic nitrogens is 2. The maximum absolute atomic E-state index is 12.2. The van der Waals surface area contributed by atoms with Crippen molar-refractivity contribution in [3.8, 4) is 0 Å². The van der Waals surface area contributed by atoms with Gasteiger partial charge in [-0.2, -0.15) is 5.10 Å². The van der Waals surface area contributed by atoms with Gasteiger partial charge in [0, 0.05) is 36.2 Å². The highest BCUT2D eigenvalue weighted by Crippen LogP contribution is 2.36. The molecule has 2 heterocycles. The number of H-pyrrole nitrogens is 1. The van der Waals surface area contributed by atoms with E-state index in [2.05, 4.69) is 47.5 Å². The zero-order valence-corrected chi connectivity index (χ0v) is 12.0. The highest BCUT2D eigenvalue weighted by atomic mass is 16.2. The third kappa shape index (κ3) is 1.98. The quantitative estimate of drug-likeness (QED) is 0.858. The van der Waals surface area contributed by atoms with Crippen molar-refractivity contribution in [1.29, 1.82) is 0 Å². The third-order valence-electron chi connectivity index (χ3n) is 4.42. The molecule has 1 aromatic carbocycles. The van der Waals surface area contributed by atoms with E-state index < -0.39 is 0 Å². The predicted octanol–water partition coefficient (Wildman–Crippen LogP) is 2.39. The number of carbonyl (C=O) groups is 1. The van der Waals surface area contributed by atoms with Gasteiger partial charge in [0.25, 0.3) is 5.91 Å². The molecule has 1 aliphatic heterocycles. The van der Waals surface area contributed by atoms with Crippen molar-refractivity contribution >= 4 is 12.0 Å². The van der Waals surface area contributed by atoms with Gasteiger partial charge in [-0.25, -0.2) is 0 Å². The Balaban J connectivity index is 1.70. The minimum atomic E-state index is -0.0546. The Bertz CT molecular complexity index is 728. The Kier molecular flexibility index (Phi) is 2.55. The van der Waals surface area contributed by atoms with Crippen molar-refractivity contribution in [2.45, 2.75) is 18.8 Å². The molecule has 2 aliphatic rings. The smallest absolute Gasteiger partial charge is 0.275 e. The number of nitrogens with zero attached hydrogens (tertiary/aromatic N) is 2. The lowest BCUT2D eigenvalue weighted by Crippen LogP contribution is -2.25. The zero-order chi connectivity index (χ0) is 14.4. The fourth-order valence-electron chi connectivity index (χ4n) is 2.98. The van der Waals surface area contributed by atoms with Crippen LogP contribution < -0.4 is 0 Å². The average molecular weight is 279 g/mol. The van der Waals surface area contributed by atoms with Crippen molar-refractivity contribution < 1.29 is 4.79 Å². The van der Waals surface area contributed by atoms with Crippen LogP contribution >= 0.6 is 0 Å². The van der Waals surface area contributed by atoms with Crippen LogP contribution in [0.3, 0.4) is 0 Å². The largest absolute Gasteiger partial charge is 0.334 e. The summed E-state index contributed by atoms with van der Waals surface area (Å²) in [6.45, 7) is 3.92. The summed E-state index contributed by atoms with van der Waals surface area (Å²) >= 11 is 0. The van der Waals surface area contributed by atoms with E-state index in [1.54, 1.807) is 4.90 Å². The number of amides is 1. The molecule has 1 aromatic heterocycles. The summed E-state index contributed by atoms with van der Waals surface area (Å²) in [4.78, 5) is 14.0. The molecule has 106 valence electrons. The molecule has 1 unspecified atom stereocenters. The average Bonchev–Trinajstić information content (AvgIpc) is 3.28. The Morgan fingerprint density at radius 1 is 1.29 bits per heavy atom. The van der Waals surface area contributed by atoms with Crippen LogP contribution in [0.5, 0.6) is 0 Å². The van der Waals surface area contributed by atoms with Crippen molar-refractivity contribution in [3.63, 3.8) is 0 Å². The summed E-state index contributed by atoms with van der Waals surface area (Å²) in [5.41, 5.74) is 3.80. The van der Waals surface area contributed by atoms with Crippen LogP contribution in [0.15, 0.2) is 36.4 Å². The molecule has 1 saturated heterocycles. The summed E-state index contributed by atoms with van der Waals surface area (Å²) < 4.78 is 0. The van der Waals surface area contributed by atoms with Crippen LogP contribution in [0.2, 0.25) is 0 Å². The molecule has 4 nitrogen and oxygen atoms in total. The summed E-state index contributed by atoms with van der Waals surface area (Å²) in [7, 11) is 0. The van der Waals surface area contributed by atoms with Gasteiger partial charge in [-0.1, -0.05) is 49.4 Å². The van der Waals surface area contributed by atoms with Crippen molar-refractivity contribution in [2.24, 2.45) is 0 Å². The van der Waals surface area contributed by atoms with E-state index in [0.717, 1.165) is 30.8 Å². The van der Waals surface area contributed by atoms with Gasteiger partial charge < -0.3 is 4.90 Å². The SMILES string of the molecule is CC1(c2ccccc2)C=Cc2c(C(=O)N3CC3)n[nH]c2C1. The summed E-state index contributed by atoms with van der Waals surface area (Å²) in [5.74, 6) is 0.0421. The van der Waals surface area contributed by atoms with Gasteiger partial charge in [-0.3, -0.25) is 9.89 Å². The molecule has 2 aromatic rings. The molecule has 1 aliphatic carbocycles. The first-order valence-electron chi connectivity index (χ1n) is 7.29.